The molecule has 3 aliphatic rings. The molecule has 122 valence electrons. The Bertz CT molecular complexity index is 478. The molecule has 1 amide bonds. The Morgan fingerprint density at radius 1 is 1.41 bits per heavy atom. The summed E-state index contributed by atoms with van der Waals surface area (Å²) in [5.74, 6) is 0.887. The predicted octanol–water partition coefficient (Wildman–Crippen LogP) is 0.978. The molecule has 3 fully saturated rings. The van der Waals surface area contributed by atoms with Crippen LogP contribution in [-0.2, 0) is 4.79 Å². The van der Waals surface area contributed by atoms with Crippen molar-refractivity contribution in [2.24, 2.45) is 11.8 Å². The number of hydrogen-bond acceptors (Lipinski definition) is 4. The summed E-state index contributed by atoms with van der Waals surface area (Å²) in [7, 11) is 0. The van der Waals surface area contributed by atoms with Gasteiger partial charge < -0.3 is 15.3 Å². The van der Waals surface area contributed by atoms with Crippen LogP contribution in [0, 0.1) is 23.2 Å². The zero-order valence-corrected chi connectivity index (χ0v) is 13.0. The SMILES string of the molecule is C[C@@]1(NCC(=O)N2C[C@@H](F)C[C@H]2C#N)C[C@H]2C[C@H](O)C[C@H]2C1. The Labute approximate surface area is 130 Å². The molecule has 0 unspecified atom stereocenters. The summed E-state index contributed by atoms with van der Waals surface area (Å²) >= 11 is 0. The molecule has 6 atom stereocenters. The van der Waals surface area contributed by atoms with E-state index in [1.807, 2.05) is 6.07 Å². The smallest absolute Gasteiger partial charge is 0.237 e. The molecule has 1 heterocycles. The second-order valence-electron chi connectivity index (χ2n) is 7.49. The van der Waals surface area contributed by atoms with Crippen LogP contribution >= 0.6 is 0 Å². The summed E-state index contributed by atoms with van der Waals surface area (Å²) in [4.78, 5) is 13.6. The van der Waals surface area contributed by atoms with Gasteiger partial charge in [0.2, 0.25) is 5.91 Å². The van der Waals surface area contributed by atoms with Crippen molar-refractivity contribution in [1.82, 2.24) is 10.2 Å². The Balaban J connectivity index is 1.53. The zero-order valence-electron chi connectivity index (χ0n) is 13.0. The van der Waals surface area contributed by atoms with Gasteiger partial charge in [0, 0.05) is 12.0 Å². The van der Waals surface area contributed by atoms with Crippen molar-refractivity contribution >= 4 is 5.91 Å². The zero-order chi connectivity index (χ0) is 15.9. The van der Waals surface area contributed by atoms with Crippen molar-refractivity contribution < 1.29 is 14.3 Å². The second-order valence-corrected chi connectivity index (χ2v) is 7.49. The first-order valence-electron chi connectivity index (χ1n) is 8.16. The largest absolute Gasteiger partial charge is 0.393 e. The Kier molecular flexibility index (Phi) is 4.13. The molecule has 6 heteroatoms. The second kappa shape index (κ2) is 5.78. The molecule has 5 nitrogen and oxygen atoms in total. The number of alkyl halides is 1. The molecule has 22 heavy (non-hydrogen) atoms. The van der Waals surface area contributed by atoms with Gasteiger partial charge in [0.15, 0.2) is 0 Å². The third-order valence-corrected chi connectivity index (χ3v) is 5.63. The molecule has 2 saturated carbocycles. The Morgan fingerprint density at radius 3 is 2.64 bits per heavy atom. The molecule has 0 bridgehead atoms. The number of aliphatic hydroxyl groups is 1. The standard InChI is InChI=1S/C16H24FN3O2/c1-16(5-10-2-14(21)3-11(10)6-16)19-8-15(22)20-9-12(17)4-13(20)7-18/h10-14,19,21H,2-6,8-9H2,1H3/t10-,11+,12-,13-,14+,16-/m0/s1. The van der Waals surface area contributed by atoms with E-state index in [0.29, 0.717) is 11.8 Å². The van der Waals surface area contributed by atoms with Crippen LogP contribution < -0.4 is 5.32 Å². The Hall–Kier alpha value is -1.19. The predicted molar refractivity (Wildman–Crippen MR) is 78.5 cm³/mol. The van der Waals surface area contributed by atoms with Crippen molar-refractivity contribution in [2.45, 2.75) is 62.9 Å². The van der Waals surface area contributed by atoms with Gasteiger partial charge in [0.05, 0.1) is 25.3 Å². The highest BCUT2D eigenvalue weighted by Crippen LogP contribution is 2.48. The number of nitrogens with one attached hydrogen (secondary N) is 1. The fraction of sp³-hybridized carbons (Fsp3) is 0.875. The van der Waals surface area contributed by atoms with E-state index in [2.05, 4.69) is 12.2 Å². The van der Waals surface area contributed by atoms with Crippen LogP contribution in [0.1, 0.15) is 39.0 Å². The normalized spacial score (nSPS) is 44.1. The number of likely N-dealkylation sites (tertiary alicyclic amines) is 1. The maximum Gasteiger partial charge on any atom is 0.237 e. The third kappa shape index (κ3) is 2.97. The average molecular weight is 309 g/mol. The first kappa shape index (κ1) is 15.7. The van der Waals surface area contributed by atoms with Crippen LogP contribution in [0.5, 0.6) is 0 Å². The summed E-state index contributed by atoms with van der Waals surface area (Å²) in [6.45, 7) is 2.31. The molecular formula is C16H24FN3O2. The Morgan fingerprint density at radius 2 is 2.05 bits per heavy atom. The molecule has 0 radical (unpaired) electrons. The van der Waals surface area contributed by atoms with Crippen molar-refractivity contribution in [1.29, 1.82) is 5.26 Å². The van der Waals surface area contributed by atoms with Crippen LogP contribution in [0.3, 0.4) is 0 Å². The van der Waals surface area contributed by atoms with Crippen LogP contribution in [0.4, 0.5) is 4.39 Å². The van der Waals surface area contributed by atoms with Gasteiger partial charge in [-0.1, -0.05) is 0 Å². The summed E-state index contributed by atoms with van der Waals surface area (Å²) in [6, 6.07) is 1.38. The molecule has 0 aromatic rings. The van der Waals surface area contributed by atoms with E-state index >= 15 is 0 Å². The van der Waals surface area contributed by atoms with E-state index < -0.39 is 12.2 Å². The van der Waals surface area contributed by atoms with Crippen LogP contribution in [0.2, 0.25) is 0 Å². The van der Waals surface area contributed by atoms with Gasteiger partial charge in [-0.2, -0.15) is 5.26 Å². The van der Waals surface area contributed by atoms with Crippen molar-refractivity contribution in [3.63, 3.8) is 0 Å². The van der Waals surface area contributed by atoms with Gasteiger partial charge in [0.25, 0.3) is 0 Å². The number of halogens is 1. The van der Waals surface area contributed by atoms with E-state index in [1.54, 1.807) is 0 Å². The molecule has 1 saturated heterocycles. The van der Waals surface area contributed by atoms with Crippen LogP contribution in [0.25, 0.3) is 0 Å². The van der Waals surface area contributed by atoms with Gasteiger partial charge in [-0.3, -0.25) is 4.79 Å². The highest BCUT2D eigenvalue weighted by molar-refractivity contribution is 5.79. The fourth-order valence-electron chi connectivity index (χ4n) is 4.64. The van der Waals surface area contributed by atoms with E-state index in [1.165, 1.54) is 4.90 Å². The number of carbonyl (C=O) groups is 1. The lowest BCUT2D eigenvalue weighted by atomic mass is 9.96. The first-order chi connectivity index (χ1) is 10.4. The first-order valence-corrected chi connectivity index (χ1v) is 8.16. The molecule has 0 spiro atoms. The van der Waals surface area contributed by atoms with E-state index in [0.717, 1.165) is 25.7 Å². The van der Waals surface area contributed by atoms with Crippen molar-refractivity contribution in [2.75, 3.05) is 13.1 Å². The number of hydrogen-bond donors (Lipinski definition) is 2. The number of nitriles is 1. The van der Waals surface area contributed by atoms with E-state index in [-0.39, 0.29) is 37.1 Å². The van der Waals surface area contributed by atoms with Gasteiger partial charge in [0.1, 0.15) is 12.2 Å². The molecule has 0 aromatic heterocycles. The summed E-state index contributed by atoms with van der Waals surface area (Å²) in [5.41, 5.74) is -0.0951. The minimum atomic E-state index is -1.09. The summed E-state index contributed by atoms with van der Waals surface area (Å²) < 4.78 is 13.4. The fourth-order valence-corrected chi connectivity index (χ4v) is 4.64. The molecule has 0 aromatic carbocycles. The summed E-state index contributed by atoms with van der Waals surface area (Å²) in [6.07, 6.45) is 2.54. The number of rotatable bonds is 3. The third-order valence-electron chi connectivity index (χ3n) is 5.63. The van der Waals surface area contributed by atoms with Gasteiger partial charge >= 0.3 is 0 Å². The lowest BCUT2D eigenvalue weighted by Crippen LogP contribution is -2.48. The molecule has 2 N–H and O–H groups in total. The quantitative estimate of drug-likeness (QED) is 0.815. The number of fused-ring (bicyclic) bond motifs is 1. The number of carbonyl (C=O) groups excluding carboxylic acids is 1. The highest BCUT2D eigenvalue weighted by Gasteiger charge is 2.47. The molecule has 3 rings (SSSR count). The lowest BCUT2D eigenvalue weighted by Gasteiger charge is -2.29. The van der Waals surface area contributed by atoms with E-state index in [4.69, 9.17) is 5.26 Å². The molecular weight excluding hydrogens is 285 g/mol. The molecule has 1 aliphatic heterocycles. The van der Waals surface area contributed by atoms with Crippen LogP contribution in [0.15, 0.2) is 0 Å². The number of aliphatic hydroxyl groups excluding tert-OH is 1. The number of amides is 1. The maximum atomic E-state index is 13.4. The average Bonchev–Trinajstić information content (AvgIpc) is 3.07. The van der Waals surface area contributed by atoms with Crippen molar-refractivity contribution in [3.05, 3.63) is 0 Å². The van der Waals surface area contributed by atoms with Crippen LogP contribution in [-0.4, -0.2) is 52.9 Å². The maximum absolute atomic E-state index is 13.4. The lowest BCUT2D eigenvalue weighted by molar-refractivity contribution is -0.130. The van der Waals surface area contributed by atoms with Crippen molar-refractivity contribution in [3.8, 4) is 6.07 Å². The monoisotopic (exact) mass is 309 g/mol. The summed E-state index contributed by atoms with van der Waals surface area (Å²) in [5, 5.41) is 22.0. The highest BCUT2D eigenvalue weighted by atomic mass is 19.1. The number of nitrogens with zero attached hydrogens (tertiary/aromatic N) is 2. The molecule has 2 aliphatic carbocycles. The minimum absolute atomic E-state index is 0.0346. The van der Waals surface area contributed by atoms with Gasteiger partial charge in [-0.25, -0.2) is 4.39 Å². The van der Waals surface area contributed by atoms with E-state index in [9.17, 15) is 14.3 Å². The topological polar surface area (TPSA) is 76.4 Å². The minimum Gasteiger partial charge on any atom is -0.393 e. The van der Waals surface area contributed by atoms with Gasteiger partial charge in [-0.15, -0.1) is 0 Å². The van der Waals surface area contributed by atoms with Gasteiger partial charge in [-0.05, 0) is 44.4 Å².